The summed E-state index contributed by atoms with van der Waals surface area (Å²) in [6.07, 6.45) is -0.532. The van der Waals surface area contributed by atoms with Crippen molar-refractivity contribution in [1.29, 1.82) is 0 Å². The molecule has 1 aliphatic heterocycles. The summed E-state index contributed by atoms with van der Waals surface area (Å²) in [6, 6.07) is 37.5. The van der Waals surface area contributed by atoms with Crippen LogP contribution in [0, 0.1) is 0 Å². The molecule has 5 aromatic rings. The molecule has 5 atom stereocenters. The van der Waals surface area contributed by atoms with Gasteiger partial charge < -0.3 is 36.6 Å². The SMILES string of the molecule is CC(=O)N[C@H]1CSC(=O)[C@H](Cc2ccccc2)NC(=O)[C@H](Cc2ccc(OC(C)(C)C)cc2)NC(=O)[C@H](C)NC(=O)[C@H](CC(=O)NC(c2ccccc2)(c2ccccc2)c2ccccc2)NC1=O. The van der Waals surface area contributed by atoms with E-state index in [1.807, 2.05) is 118 Å². The van der Waals surface area contributed by atoms with E-state index in [4.69, 9.17) is 4.74 Å². The van der Waals surface area contributed by atoms with Gasteiger partial charge in [-0.1, -0.05) is 145 Å². The van der Waals surface area contributed by atoms with Crippen LogP contribution >= 0.6 is 11.8 Å². The molecule has 1 saturated heterocycles. The second-order valence-corrected chi connectivity index (χ2v) is 18.7. The first-order valence-corrected chi connectivity index (χ1v) is 23.4. The molecule has 1 aliphatic rings. The van der Waals surface area contributed by atoms with Crippen LogP contribution in [0.15, 0.2) is 146 Å². The van der Waals surface area contributed by atoms with Gasteiger partial charge in [-0.15, -0.1) is 0 Å². The van der Waals surface area contributed by atoms with Crippen LogP contribution in [0.5, 0.6) is 5.75 Å². The molecule has 6 amide bonds. The Labute approximate surface area is 401 Å². The molecule has 0 saturated carbocycles. The fourth-order valence-electron chi connectivity index (χ4n) is 7.89. The zero-order chi connectivity index (χ0) is 48.8. The number of amides is 6. The Kier molecular flexibility index (Phi) is 16.9. The van der Waals surface area contributed by atoms with Crippen LogP contribution < -0.4 is 36.6 Å². The van der Waals surface area contributed by atoms with E-state index in [0.29, 0.717) is 39.8 Å². The van der Waals surface area contributed by atoms with E-state index in [0.717, 1.165) is 5.56 Å². The van der Waals surface area contributed by atoms with Gasteiger partial charge in [-0.3, -0.25) is 33.6 Å². The van der Waals surface area contributed by atoms with Crippen LogP contribution in [-0.4, -0.2) is 82.1 Å². The standard InChI is InChI=1S/C53H58N6O8S/c1-34-47(62)56-42(30-37-26-28-41(29-27-37)67-52(3,4)5)49(64)58-44(31-36-18-10-6-11-19-36)51(66)68-33-45(55-35(2)60)50(65)57-43(48(63)54-34)32-46(61)59-53(38-20-12-7-13-21-38,39-22-14-8-15-23-39)40-24-16-9-17-25-40/h6-29,34,42-45H,30-33H2,1-5H3,(H,54,63)(H,55,60)(H,56,62)(H,57,65)(H,58,64)(H,59,61)/t34-,42-,43-,44-,45-/m0/s1. The third-order valence-corrected chi connectivity index (χ3v) is 12.2. The molecule has 68 heavy (non-hydrogen) atoms. The van der Waals surface area contributed by atoms with E-state index in [1.54, 1.807) is 48.5 Å². The van der Waals surface area contributed by atoms with Crippen LogP contribution in [0.4, 0.5) is 0 Å². The van der Waals surface area contributed by atoms with E-state index in [-0.39, 0.29) is 18.6 Å². The summed E-state index contributed by atoms with van der Waals surface area (Å²) in [6.45, 7) is 8.38. The molecule has 15 heteroatoms. The predicted molar refractivity (Wildman–Crippen MR) is 261 cm³/mol. The van der Waals surface area contributed by atoms with Gasteiger partial charge in [0.05, 0.1) is 6.42 Å². The first-order chi connectivity index (χ1) is 32.5. The number of thioether (sulfide) groups is 1. The van der Waals surface area contributed by atoms with Crippen molar-refractivity contribution >= 4 is 52.3 Å². The van der Waals surface area contributed by atoms with Gasteiger partial charge >= 0.3 is 0 Å². The average Bonchev–Trinajstić information content (AvgIpc) is 3.32. The zero-order valence-electron chi connectivity index (χ0n) is 38.7. The van der Waals surface area contributed by atoms with Crippen molar-refractivity contribution in [3.63, 3.8) is 0 Å². The number of hydrogen-bond donors (Lipinski definition) is 6. The summed E-state index contributed by atoms with van der Waals surface area (Å²) in [5.41, 5.74) is 1.83. The van der Waals surface area contributed by atoms with E-state index in [1.165, 1.54) is 13.8 Å². The van der Waals surface area contributed by atoms with Gasteiger partial charge in [-0.25, -0.2) is 0 Å². The minimum Gasteiger partial charge on any atom is -0.488 e. The lowest BCUT2D eigenvalue weighted by Gasteiger charge is -2.37. The lowest BCUT2D eigenvalue weighted by molar-refractivity contribution is -0.135. The molecule has 0 spiro atoms. The molecule has 6 N–H and O–H groups in total. The number of rotatable bonds is 12. The molecule has 1 fully saturated rings. The van der Waals surface area contributed by atoms with Crippen LogP contribution in [0.1, 0.15) is 68.9 Å². The molecule has 0 aliphatic carbocycles. The Morgan fingerprint density at radius 1 is 0.588 bits per heavy atom. The highest BCUT2D eigenvalue weighted by atomic mass is 32.2. The van der Waals surface area contributed by atoms with E-state index in [2.05, 4.69) is 31.9 Å². The highest BCUT2D eigenvalue weighted by Gasteiger charge is 2.40. The average molecular weight is 939 g/mol. The normalized spacial score (nSPS) is 19.9. The third-order valence-electron chi connectivity index (χ3n) is 11.1. The van der Waals surface area contributed by atoms with Gasteiger partial charge in [0, 0.05) is 25.5 Å². The van der Waals surface area contributed by atoms with Crippen LogP contribution in [-0.2, 0) is 51.9 Å². The zero-order valence-corrected chi connectivity index (χ0v) is 39.6. The van der Waals surface area contributed by atoms with Crippen LogP contribution in [0.25, 0.3) is 0 Å². The molecule has 0 aromatic heterocycles. The number of ether oxygens (including phenoxy) is 1. The molecule has 6 rings (SSSR count). The molecular formula is C53H58N6O8S. The molecule has 14 nitrogen and oxygen atoms in total. The summed E-state index contributed by atoms with van der Waals surface area (Å²) in [5, 5.41) is 16.1. The van der Waals surface area contributed by atoms with Gasteiger partial charge in [0.15, 0.2) is 0 Å². The summed E-state index contributed by atoms with van der Waals surface area (Å²) >= 11 is 0.714. The van der Waals surface area contributed by atoms with Gasteiger partial charge in [0.1, 0.15) is 47.1 Å². The maximum Gasteiger partial charge on any atom is 0.244 e. The minimum absolute atomic E-state index is 0.00286. The third kappa shape index (κ3) is 13.7. The first kappa shape index (κ1) is 50.2. The second-order valence-electron chi connectivity index (χ2n) is 17.6. The van der Waals surface area contributed by atoms with E-state index in [9.17, 15) is 33.6 Å². The summed E-state index contributed by atoms with van der Waals surface area (Å²) < 4.78 is 5.97. The Hall–Kier alpha value is -7.26. The maximum atomic E-state index is 14.6. The fourth-order valence-corrected chi connectivity index (χ4v) is 8.80. The topological polar surface area (TPSA) is 201 Å². The Bertz CT molecular complexity index is 2440. The summed E-state index contributed by atoms with van der Waals surface area (Å²) in [7, 11) is 0. The maximum absolute atomic E-state index is 14.6. The monoisotopic (exact) mass is 938 g/mol. The van der Waals surface area contributed by atoms with Crippen molar-refractivity contribution in [2.24, 2.45) is 0 Å². The Morgan fingerprint density at radius 3 is 1.56 bits per heavy atom. The van der Waals surface area contributed by atoms with Crippen molar-refractivity contribution < 1.29 is 38.3 Å². The quantitative estimate of drug-likeness (QED) is 0.0944. The lowest BCUT2D eigenvalue weighted by Crippen LogP contribution is -2.60. The van der Waals surface area contributed by atoms with Crippen molar-refractivity contribution in [3.8, 4) is 5.75 Å². The minimum atomic E-state index is -1.60. The smallest absolute Gasteiger partial charge is 0.244 e. The number of carbonyl (C=O) groups excluding carboxylic acids is 7. The molecular weight excluding hydrogens is 881 g/mol. The molecule has 0 radical (unpaired) electrons. The Morgan fingerprint density at radius 2 is 1.04 bits per heavy atom. The van der Waals surface area contributed by atoms with Gasteiger partial charge in [-0.2, -0.15) is 0 Å². The van der Waals surface area contributed by atoms with E-state index >= 15 is 0 Å². The highest BCUT2D eigenvalue weighted by molar-refractivity contribution is 8.13. The summed E-state index contributed by atoms with van der Waals surface area (Å²) in [4.78, 5) is 98.3. The van der Waals surface area contributed by atoms with E-state index < -0.39 is 88.3 Å². The number of hydrogen-bond acceptors (Lipinski definition) is 9. The lowest BCUT2D eigenvalue weighted by atomic mass is 9.77. The van der Waals surface area contributed by atoms with Gasteiger partial charge in [0.25, 0.3) is 0 Å². The first-order valence-electron chi connectivity index (χ1n) is 22.5. The molecule has 0 bridgehead atoms. The molecule has 1 heterocycles. The van der Waals surface area contributed by atoms with Crippen molar-refractivity contribution in [3.05, 3.63) is 173 Å². The summed E-state index contributed by atoms with van der Waals surface area (Å²) in [5.74, 6) is -4.09. The van der Waals surface area contributed by atoms with Gasteiger partial charge in [-0.05, 0) is 67.6 Å². The van der Waals surface area contributed by atoms with Crippen LogP contribution in [0.3, 0.4) is 0 Å². The number of carbonyl (C=O) groups is 7. The fraction of sp³-hybridized carbons (Fsp3) is 0.302. The molecule has 354 valence electrons. The Balaban J connectivity index is 1.35. The predicted octanol–water partition coefficient (Wildman–Crippen LogP) is 4.88. The largest absolute Gasteiger partial charge is 0.488 e. The van der Waals surface area contributed by atoms with Crippen molar-refractivity contribution in [1.82, 2.24) is 31.9 Å². The second kappa shape index (κ2) is 23.0. The highest BCUT2D eigenvalue weighted by Crippen LogP contribution is 2.37. The van der Waals surface area contributed by atoms with Crippen LogP contribution in [0.2, 0.25) is 0 Å². The number of benzene rings is 5. The van der Waals surface area contributed by atoms with Crippen molar-refractivity contribution in [2.45, 2.75) is 95.2 Å². The van der Waals surface area contributed by atoms with Crippen molar-refractivity contribution in [2.75, 3.05) is 5.75 Å². The molecule has 5 aromatic carbocycles. The number of nitrogens with one attached hydrogen (secondary N) is 6. The molecule has 0 unspecified atom stereocenters. The van der Waals surface area contributed by atoms with Gasteiger partial charge in [0.2, 0.25) is 40.6 Å².